The Labute approximate surface area is 137 Å². The van der Waals surface area contributed by atoms with E-state index in [0.29, 0.717) is 19.5 Å². The van der Waals surface area contributed by atoms with Crippen LogP contribution >= 0.6 is 0 Å². The average molecular weight is 321 g/mol. The zero-order valence-corrected chi connectivity index (χ0v) is 13.9. The highest BCUT2D eigenvalue weighted by atomic mass is 16.5. The van der Waals surface area contributed by atoms with E-state index in [4.69, 9.17) is 4.74 Å². The van der Waals surface area contributed by atoms with Crippen LogP contribution in [0.3, 0.4) is 0 Å². The molecule has 4 saturated carbocycles. The molecule has 5 rings (SSSR count). The molecule has 0 spiro atoms. The van der Waals surface area contributed by atoms with Crippen LogP contribution in [0.4, 0.5) is 0 Å². The number of carbonyl (C=O) groups is 2. The predicted octanol–water partition coefficient (Wildman–Crippen LogP) is 2.15. The molecule has 1 atom stereocenters. The van der Waals surface area contributed by atoms with Crippen molar-refractivity contribution in [2.45, 2.75) is 44.9 Å². The van der Waals surface area contributed by atoms with Crippen LogP contribution in [0.15, 0.2) is 0 Å². The second kappa shape index (κ2) is 5.20. The third-order valence-corrected chi connectivity index (χ3v) is 7.01. The number of ether oxygens (including phenoxy) is 1. The fourth-order valence-corrected chi connectivity index (χ4v) is 6.38. The molecular weight excluding hydrogens is 294 g/mol. The molecule has 0 aromatic heterocycles. The molecule has 0 radical (unpaired) electrons. The third-order valence-electron chi connectivity index (χ3n) is 7.01. The van der Waals surface area contributed by atoms with Crippen molar-refractivity contribution in [1.29, 1.82) is 0 Å². The predicted molar refractivity (Wildman–Crippen MR) is 83.7 cm³/mol. The van der Waals surface area contributed by atoms with Crippen LogP contribution < -0.4 is 0 Å². The molecule has 1 amide bonds. The van der Waals surface area contributed by atoms with Crippen LogP contribution in [0, 0.1) is 28.6 Å². The molecule has 23 heavy (non-hydrogen) atoms. The molecule has 1 unspecified atom stereocenters. The number of likely N-dealkylation sites (tertiary alicyclic amines) is 1. The summed E-state index contributed by atoms with van der Waals surface area (Å²) in [5.74, 6) is 1.61. The maximum Gasteiger partial charge on any atom is 0.313 e. The summed E-state index contributed by atoms with van der Waals surface area (Å²) >= 11 is 0. The highest BCUT2D eigenvalue weighted by Gasteiger charge is 2.57. The van der Waals surface area contributed by atoms with Gasteiger partial charge in [-0.1, -0.05) is 0 Å². The lowest BCUT2D eigenvalue weighted by Crippen LogP contribution is -2.54. The first-order valence-electron chi connectivity index (χ1n) is 8.98. The van der Waals surface area contributed by atoms with Gasteiger partial charge in [-0.15, -0.1) is 0 Å². The van der Waals surface area contributed by atoms with Gasteiger partial charge in [-0.05, 0) is 62.7 Å². The standard InChI is InChI=1S/C18H27NO4/c1-23-11-17(16(21)22)2-3-19(10-17)15(20)18-7-12-4-13(8-18)6-14(5-12)9-18/h12-14H,2-11H2,1H3,(H,21,22). The number of hydrogen-bond acceptors (Lipinski definition) is 3. The van der Waals surface area contributed by atoms with Gasteiger partial charge >= 0.3 is 5.97 Å². The normalized spacial score (nSPS) is 44.7. The SMILES string of the molecule is COCC1(C(=O)O)CCN(C(=O)C23CC4CC(CC(C4)C2)C3)C1. The molecule has 1 N–H and O–H groups in total. The fraction of sp³-hybridized carbons (Fsp3) is 0.889. The summed E-state index contributed by atoms with van der Waals surface area (Å²) in [6.07, 6.45) is 7.57. The second-order valence-corrected chi connectivity index (χ2v) is 8.69. The van der Waals surface area contributed by atoms with Crippen molar-refractivity contribution >= 4 is 11.9 Å². The Bertz CT molecular complexity index is 496. The Morgan fingerprint density at radius 3 is 2.17 bits per heavy atom. The van der Waals surface area contributed by atoms with E-state index >= 15 is 0 Å². The zero-order valence-electron chi connectivity index (χ0n) is 13.9. The van der Waals surface area contributed by atoms with Crippen molar-refractivity contribution in [2.24, 2.45) is 28.6 Å². The maximum atomic E-state index is 13.3. The van der Waals surface area contributed by atoms with Gasteiger partial charge in [-0.25, -0.2) is 0 Å². The summed E-state index contributed by atoms with van der Waals surface area (Å²) in [5, 5.41) is 9.61. The molecule has 1 heterocycles. The van der Waals surface area contributed by atoms with Gasteiger partial charge < -0.3 is 14.7 Å². The molecule has 1 saturated heterocycles. The van der Waals surface area contributed by atoms with E-state index in [2.05, 4.69) is 0 Å². The Kier molecular flexibility index (Phi) is 3.49. The molecule has 1 aliphatic heterocycles. The summed E-state index contributed by atoms with van der Waals surface area (Å²) in [6, 6.07) is 0. The topological polar surface area (TPSA) is 66.8 Å². The Morgan fingerprint density at radius 1 is 1.13 bits per heavy atom. The van der Waals surface area contributed by atoms with E-state index in [1.807, 2.05) is 4.90 Å². The van der Waals surface area contributed by atoms with Crippen molar-refractivity contribution in [3.8, 4) is 0 Å². The highest BCUT2D eigenvalue weighted by molar-refractivity contribution is 5.85. The number of hydrogen-bond donors (Lipinski definition) is 1. The van der Waals surface area contributed by atoms with Gasteiger partial charge in [-0.2, -0.15) is 0 Å². The number of carboxylic acid groups (broad SMARTS) is 1. The molecule has 128 valence electrons. The number of aliphatic carboxylic acids is 1. The first-order valence-corrected chi connectivity index (χ1v) is 8.98. The van der Waals surface area contributed by atoms with Crippen LogP contribution in [0.25, 0.3) is 0 Å². The maximum absolute atomic E-state index is 13.3. The molecule has 4 aliphatic carbocycles. The van der Waals surface area contributed by atoms with Crippen molar-refractivity contribution in [3.05, 3.63) is 0 Å². The Morgan fingerprint density at radius 2 is 1.70 bits per heavy atom. The first-order chi connectivity index (χ1) is 11.0. The smallest absolute Gasteiger partial charge is 0.313 e. The van der Waals surface area contributed by atoms with Gasteiger partial charge in [0.25, 0.3) is 0 Å². The number of rotatable bonds is 4. The largest absolute Gasteiger partial charge is 0.481 e. The van der Waals surface area contributed by atoms with Crippen LogP contribution in [-0.2, 0) is 14.3 Å². The molecule has 0 aromatic carbocycles. The van der Waals surface area contributed by atoms with Gasteiger partial charge in [0.15, 0.2) is 0 Å². The van der Waals surface area contributed by atoms with E-state index in [-0.39, 0.29) is 17.9 Å². The van der Waals surface area contributed by atoms with Crippen molar-refractivity contribution < 1.29 is 19.4 Å². The van der Waals surface area contributed by atoms with E-state index in [0.717, 1.165) is 37.0 Å². The van der Waals surface area contributed by atoms with Crippen LogP contribution in [0.2, 0.25) is 0 Å². The number of carboxylic acids is 1. The summed E-state index contributed by atoms with van der Waals surface area (Å²) in [5.41, 5.74) is -1.08. The number of nitrogens with zero attached hydrogens (tertiary/aromatic N) is 1. The lowest BCUT2D eigenvalue weighted by atomic mass is 9.49. The van der Waals surface area contributed by atoms with E-state index in [1.165, 1.54) is 26.4 Å². The molecule has 5 nitrogen and oxygen atoms in total. The summed E-state index contributed by atoms with van der Waals surface area (Å²) in [7, 11) is 1.54. The Balaban J connectivity index is 1.53. The zero-order chi connectivity index (χ0) is 16.2. The minimum Gasteiger partial charge on any atom is -0.481 e. The lowest BCUT2D eigenvalue weighted by Gasteiger charge is -2.56. The van der Waals surface area contributed by atoms with E-state index in [1.54, 1.807) is 0 Å². The molecule has 4 bridgehead atoms. The minimum atomic E-state index is -0.910. The Hall–Kier alpha value is -1.10. The summed E-state index contributed by atoms with van der Waals surface area (Å²) in [4.78, 5) is 26.9. The van der Waals surface area contributed by atoms with Gasteiger partial charge in [0.05, 0.1) is 12.0 Å². The van der Waals surface area contributed by atoms with Crippen LogP contribution in [0.1, 0.15) is 44.9 Å². The fourth-order valence-electron chi connectivity index (χ4n) is 6.38. The first kappa shape index (κ1) is 15.4. The minimum absolute atomic E-state index is 0.170. The van der Waals surface area contributed by atoms with E-state index in [9.17, 15) is 14.7 Å². The van der Waals surface area contributed by atoms with E-state index < -0.39 is 11.4 Å². The summed E-state index contributed by atoms with van der Waals surface area (Å²) < 4.78 is 5.15. The van der Waals surface area contributed by atoms with Gasteiger partial charge in [0, 0.05) is 20.2 Å². The second-order valence-electron chi connectivity index (χ2n) is 8.69. The highest BCUT2D eigenvalue weighted by Crippen LogP contribution is 2.60. The van der Waals surface area contributed by atoms with Crippen LogP contribution in [0.5, 0.6) is 0 Å². The summed E-state index contributed by atoms with van der Waals surface area (Å²) in [6.45, 7) is 1.07. The number of amides is 1. The third kappa shape index (κ3) is 2.31. The lowest BCUT2D eigenvalue weighted by molar-refractivity contribution is -0.159. The van der Waals surface area contributed by atoms with Crippen molar-refractivity contribution in [3.63, 3.8) is 0 Å². The van der Waals surface area contributed by atoms with Crippen LogP contribution in [-0.4, -0.2) is 48.7 Å². The molecule has 5 heteroatoms. The van der Waals surface area contributed by atoms with Gasteiger partial charge in [0.2, 0.25) is 5.91 Å². The monoisotopic (exact) mass is 321 g/mol. The molecular formula is C18H27NO4. The molecule has 0 aromatic rings. The van der Waals surface area contributed by atoms with Gasteiger partial charge in [0.1, 0.15) is 5.41 Å². The number of carbonyl (C=O) groups excluding carboxylic acids is 1. The molecule has 5 fully saturated rings. The average Bonchev–Trinajstić information content (AvgIpc) is 2.91. The molecule has 5 aliphatic rings. The van der Waals surface area contributed by atoms with Crippen molar-refractivity contribution in [2.75, 3.05) is 26.8 Å². The van der Waals surface area contributed by atoms with Gasteiger partial charge in [-0.3, -0.25) is 9.59 Å². The number of methoxy groups -OCH3 is 1. The quantitative estimate of drug-likeness (QED) is 0.861. The van der Waals surface area contributed by atoms with Crippen molar-refractivity contribution in [1.82, 2.24) is 4.90 Å².